The molecular formula is C27H19N3. The fraction of sp³-hybridized carbons (Fsp3) is 0.111. The van der Waals surface area contributed by atoms with Crippen LogP contribution in [0.5, 0.6) is 0 Å². The number of hydrogen-bond donors (Lipinski definition) is 0. The number of nitriles is 2. The molecule has 0 spiro atoms. The lowest BCUT2D eigenvalue weighted by Crippen LogP contribution is -2.31. The van der Waals surface area contributed by atoms with Gasteiger partial charge in [0.15, 0.2) is 0 Å². The fourth-order valence-corrected chi connectivity index (χ4v) is 4.59. The lowest BCUT2D eigenvalue weighted by Gasteiger charge is -2.42. The molecule has 142 valence electrons. The number of rotatable bonds is 1. The van der Waals surface area contributed by atoms with Gasteiger partial charge in [0, 0.05) is 5.41 Å². The lowest BCUT2D eigenvalue weighted by molar-refractivity contribution is 0.633. The predicted octanol–water partition coefficient (Wildman–Crippen LogP) is 6.69. The van der Waals surface area contributed by atoms with E-state index in [-0.39, 0.29) is 5.41 Å². The minimum atomic E-state index is -0.221. The Labute approximate surface area is 176 Å². The van der Waals surface area contributed by atoms with Gasteiger partial charge in [-0.1, -0.05) is 62.4 Å². The van der Waals surface area contributed by atoms with Gasteiger partial charge in [-0.3, -0.25) is 0 Å². The standard InChI is InChI=1S/C27H19N3/c1-27(2)22-12-5-6-13-24(22)30(26-20(16-28)10-7-11-21(26)17-29)25-15-19-9-4-3-8-18(19)14-23(25)27/h3-15H,1-2H3. The first kappa shape index (κ1) is 18.0. The lowest BCUT2D eigenvalue weighted by atomic mass is 9.73. The number of benzene rings is 4. The van der Waals surface area contributed by atoms with Crippen LogP contribution in [0.2, 0.25) is 0 Å². The van der Waals surface area contributed by atoms with E-state index in [0.717, 1.165) is 16.8 Å². The van der Waals surface area contributed by atoms with Crippen molar-refractivity contribution >= 4 is 27.8 Å². The van der Waals surface area contributed by atoms with E-state index in [9.17, 15) is 10.5 Å². The number of nitrogens with zero attached hydrogens (tertiary/aromatic N) is 3. The Balaban J connectivity index is 1.95. The monoisotopic (exact) mass is 385 g/mol. The van der Waals surface area contributed by atoms with Crippen LogP contribution < -0.4 is 4.90 Å². The molecule has 0 radical (unpaired) electrons. The van der Waals surface area contributed by atoms with E-state index in [1.165, 1.54) is 16.5 Å². The molecule has 1 aliphatic heterocycles. The third-order valence-electron chi connectivity index (χ3n) is 6.10. The molecule has 4 aromatic carbocycles. The van der Waals surface area contributed by atoms with E-state index in [0.29, 0.717) is 16.8 Å². The molecule has 1 heterocycles. The average molecular weight is 385 g/mol. The van der Waals surface area contributed by atoms with Crippen molar-refractivity contribution in [2.75, 3.05) is 4.90 Å². The van der Waals surface area contributed by atoms with Crippen LogP contribution in [0.25, 0.3) is 10.8 Å². The molecule has 0 saturated heterocycles. The van der Waals surface area contributed by atoms with E-state index in [4.69, 9.17) is 0 Å². The molecule has 0 fully saturated rings. The number of para-hydroxylation sites is 2. The summed E-state index contributed by atoms with van der Waals surface area (Å²) in [4.78, 5) is 2.10. The van der Waals surface area contributed by atoms with Crippen molar-refractivity contribution in [1.82, 2.24) is 0 Å². The number of fused-ring (bicyclic) bond motifs is 3. The van der Waals surface area contributed by atoms with Crippen molar-refractivity contribution in [1.29, 1.82) is 10.5 Å². The first-order valence-corrected chi connectivity index (χ1v) is 9.92. The molecule has 4 aromatic rings. The Morgan fingerprint density at radius 2 is 1.27 bits per heavy atom. The number of hydrogen-bond acceptors (Lipinski definition) is 3. The summed E-state index contributed by atoms with van der Waals surface area (Å²) in [5.41, 5.74) is 5.76. The maximum Gasteiger partial charge on any atom is 0.101 e. The summed E-state index contributed by atoms with van der Waals surface area (Å²) in [6, 6.07) is 30.9. The molecule has 0 saturated carbocycles. The van der Waals surface area contributed by atoms with Gasteiger partial charge < -0.3 is 4.90 Å². The molecule has 5 rings (SSSR count). The van der Waals surface area contributed by atoms with Crippen LogP contribution in [0.4, 0.5) is 17.1 Å². The highest BCUT2D eigenvalue weighted by Crippen LogP contribution is 2.53. The molecule has 0 unspecified atom stereocenters. The zero-order valence-electron chi connectivity index (χ0n) is 16.8. The summed E-state index contributed by atoms with van der Waals surface area (Å²) in [6.07, 6.45) is 0. The largest absolute Gasteiger partial charge is 0.307 e. The second-order valence-electron chi connectivity index (χ2n) is 8.12. The van der Waals surface area contributed by atoms with Crippen LogP contribution >= 0.6 is 0 Å². The molecule has 3 heteroatoms. The van der Waals surface area contributed by atoms with Gasteiger partial charge in [-0.25, -0.2) is 0 Å². The molecule has 0 atom stereocenters. The molecule has 0 amide bonds. The normalized spacial score (nSPS) is 13.8. The minimum Gasteiger partial charge on any atom is -0.307 e. The Kier molecular flexibility index (Phi) is 3.88. The molecule has 0 aliphatic carbocycles. The van der Waals surface area contributed by atoms with E-state index < -0.39 is 0 Å². The van der Waals surface area contributed by atoms with Crippen LogP contribution in [0.3, 0.4) is 0 Å². The van der Waals surface area contributed by atoms with Gasteiger partial charge in [0.05, 0.1) is 28.2 Å². The maximum atomic E-state index is 9.85. The smallest absolute Gasteiger partial charge is 0.101 e. The van der Waals surface area contributed by atoms with Crippen molar-refractivity contribution in [3.8, 4) is 12.1 Å². The third-order valence-corrected chi connectivity index (χ3v) is 6.10. The molecular weight excluding hydrogens is 366 g/mol. The van der Waals surface area contributed by atoms with Gasteiger partial charge in [-0.05, 0) is 52.2 Å². The summed E-state index contributed by atoms with van der Waals surface area (Å²) < 4.78 is 0. The van der Waals surface area contributed by atoms with Gasteiger partial charge in [0.25, 0.3) is 0 Å². The maximum absolute atomic E-state index is 9.85. The van der Waals surface area contributed by atoms with Crippen molar-refractivity contribution in [2.45, 2.75) is 19.3 Å². The van der Waals surface area contributed by atoms with Gasteiger partial charge in [0.2, 0.25) is 0 Å². The zero-order valence-corrected chi connectivity index (χ0v) is 16.8. The van der Waals surface area contributed by atoms with E-state index in [1.807, 2.05) is 18.2 Å². The zero-order chi connectivity index (χ0) is 20.9. The molecule has 30 heavy (non-hydrogen) atoms. The first-order valence-electron chi connectivity index (χ1n) is 9.92. The second-order valence-corrected chi connectivity index (χ2v) is 8.12. The highest BCUT2D eigenvalue weighted by atomic mass is 15.2. The van der Waals surface area contributed by atoms with Crippen molar-refractivity contribution in [3.05, 3.63) is 101 Å². The predicted molar refractivity (Wildman–Crippen MR) is 120 cm³/mol. The van der Waals surface area contributed by atoms with Gasteiger partial charge in [-0.2, -0.15) is 10.5 Å². The average Bonchev–Trinajstić information content (AvgIpc) is 2.78. The van der Waals surface area contributed by atoms with Crippen LogP contribution in [-0.2, 0) is 5.41 Å². The van der Waals surface area contributed by atoms with Gasteiger partial charge in [0.1, 0.15) is 12.1 Å². The number of anilines is 3. The summed E-state index contributed by atoms with van der Waals surface area (Å²) >= 11 is 0. The van der Waals surface area contributed by atoms with E-state index in [1.54, 1.807) is 18.2 Å². The molecule has 3 nitrogen and oxygen atoms in total. The minimum absolute atomic E-state index is 0.221. The van der Waals surface area contributed by atoms with Crippen molar-refractivity contribution in [2.24, 2.45) is 0 Å². The van der Waals surface area contributed by atoms with Crippen molar-refractivity contribution in [3.63, 3.8) is 0 Å². The van der Waals surface area contributed by atoms with Gasteiger partial charge >= 0.3 is 0 Å². The fourth-order valence-electron chi connectivity index (χ4n) is 4.59. The van der Waals surface area contributed by atoms with Crippen molar-refractivity contribution < 1.29 is 0 Å². The summed E-state index contributed by atoms with van der Waals surface area (Å²) in [7, 11) is 0. The van der Waals surface area contributed by atoms with Gasteiger partial charge in [-0.15, -0.1) is 0 Å². The quantitative estimate of drug-likeness (QED) is 0.367. The highest BCUT2D eigenvalue weighted by Gasteiger charge is 2.38. The Bertz CT molecular complexity index is 1370. The Hall–Kier alpha value is -4.08. The molecule has 1 aliphatic rings. The third kappa shape index (κ3) is 2.43. The summed E-state index contributed by atoms with van der Waals surface area (Å²) in [5.74, 6) is 0. The van der Waals surface area contributed by atoms with E-state index in [2.05, 4.69) is 73.4 Å². The Morgan fingerprint density at radius 3 is 1.93 bits per heavy atom. The molecule has 0 bridgehead atoms. The second kappa shape index (κ2) is 6.48. The SMILES string of the molecule is CC1(C)c2ccccc2N(c2c(C#N)cccc2C#N)c2cc3ccccc3cc21. The highest BCUT2D eigenvalue weighted by molar-refractivity contribution is 5.96. The molecule has 0 N–H and O–H groups in total. The van der Waals surface area contributed by atoms with Crippen LogP contribution in [0.1, 0.15) is 36.1 Å². The summed E-state index contributed by atoms with van der Waals surface area (Å²) in [6.45, 7) is 4.47. The van der Waals surface area contributed by atoms with Crippen LogP contribution in [0.15, 0.2) is 78.9 Å². The van der Waals surface area contributed by atoms with Crippen LogP contribution in [-0.4, -0.2) is 0 Å². The molecule has 0 aromatic heterocycles. The van der Waals surface area contributed by atoms with E-state index >= 15 is 0 Å². The summed E-state index contributed by atoms with van der Waals surface area (Å²) in [5, 5.41) is 22.0. The van der Waals surface area contributed by atoms with Crippen LogP contribution in [0, 0.1) is 22.7 Å². The first-order chi connectivity index (χ1) is 14.6. The Morgan fingerprint density at radius 1 is 0.667 bits per heavy atom. The topological polar surface area (TPSA) is 50.8 Å².